The highest BCUT2D eigenvalue weighted by Gasteiger charge is 2.19. The van der Waals surface area contributed by atoms with Crippen molar-refractivity contribution in [3.8, 4) is 0 Å². The Hall–Kier alpha value is -2.63. The van der Waals surface area contributed by atoms with Gasteiger partial charge in [0, 0.05) is 29.4 Å². The summed E-state index contributed by atoms with van der Waals surface area (Å²) in [5.74, 6) is -0.705. The van der Waals surface area contributed by atoms with Crippen LogP contribution in [0.15, 0.2) is 54.7 Å². The first kappa shape index (κ1) is 17.2. The Bertz CT molecular complexity index is 966. The van der Waals surface area contributed by atoms with Gasteiger partial charge in [-0.1, -0.05) is 35.3 Å². The fourth-order valence-corrected chi connectivity index (χ4v) is 2.78. The maximum absolute atomic E-state index is 12.9. The van der Waals surface area contributed by atoms with Crippen LogP contribution < -0.4 is 5.32 Å². The summed E-state index contributed by atoms with van der Waals surface area (Å²) in [7, 11) is 1.66. The predicted octanol–water partition coefficient (Wildman–Crippen LogP) is 4.21. The lowest BCUT2D eigenvalue weighted by molar-refractivity contribution is 0.101. The summed E-state index contributed by atoms with van der Waals surface area (Å²) in [6.07, 6.45) is 1.52. The van der Waals surface area contributed by atoms with Gasteiger partial charge >= 0.3 is 0 Å². The van der Waals surface area contributed by atoms with Gasteiger partial charge in [-0.15, -0.1) is 0 Å². The molecule has 0 saturated heterocycles. The van der Waals surface area contributed by atoms with Gasteiger partial charge in [0.25, 0.3) is 5.91 Å². The van der Waals surface area contributed by atoms with Crippen molar-refractivity contribution in [3.63, 3.8) is 0 Å². The van der Waals surface area contributed by atoms with Gasteiger partial charge in [0.15, 0.2) is 5.78 Å². The van der Waals surface area contributed by atoms with E-state index in [0.717, 1.165) is 0 Å². The molecule has 0 aliphatic carbocycles. The molecular formula is C18H13Cl2N3O2. The summed E-state index contributed by atoms with van der Waals surface area (Å²) in [4.78, 5) is 25.3. The molecule has 0 radical (unpaired) electrons. The molecule has 0 atom stereocenters. The van der Waals surface area contributed by atoms with E-state index >= 15 is 0 Å². The second kappa shape index (κ2) is 7.09. The van der Waals surface area contributed by atoms with Crippen LogP contribution in [0, 0.1) is 0 Å². The molecule has 5 nitrogen and oxygen atoms in total. The van der Waals surface area contributed by atoms with E-state index < -0.39 is 0 Å². The minimum Gasteiger partial charge on any atom is -0.320 e. The van der Waals surface area contributed by atoms with Crippen molar-refractivity contribution >= 4 is 40.6 Å². The molecule has 0 bridgehead atoms. The molecule has 25 heavy (non-hydrogen) atoms. The number of amides is 1. The Balaban J connectivity index is 1.99. The van der Waals surface area contributed by atoms with E-state index in [-0.39, 0.29) is 17.3 Å². The van der Waals surface area contributed by atoms with Crippen LogP contribution in [0.5, 0.6) is 0 Å². The van der Waals surface area contributed by atoms with Crippen LogP contribution in [-0.2, 0) is 7.05 Å². The van der Waals surface area contributed by atoms with Gasteiger partial charge in [-0.3, -0.25) is 14.3 Å². The van der Waals surface area contributed by atoms with Gasteiger partial charge in [0.2, 0.25) is 0 Å². The molecule has 0 spiro atoms. The summed E-state index contributed by atoms with van der Waals surface area (Å²) >= 11 is 12.2. The maximum Gasteiger partial charge on any atom is 0.273 e. The molecule has 1 N–H and O–H groups in total. The van der Waals surface area contributed by atoms with Crippen molar-refractivity contribution in [1.82, 2.24) is 9.78 Å². The summed E-state index contributed by atoms with van der Waals surface area (Å²) in [5.41, 5.74) is 1.31. The number of aryl methyl sites for hydroxylation is 1. The molecule has 1 heterocycles. The van der Waals surface area contributed by atoms with Gasteiger partial charge in [0.1, 0.15) is 5.69 Å². The highest BCUT2D eigenvalue weighted by atomic mass is 35.5. The number of carbonyl (C=O) groups is 2. The van der Waals surface area contributed by atoms with Crippen LogP contribution in [0.2, 0.25) is 10.0 Å². The fraction of sp³-hybridized carbons (Fsp3) is 0.0556. The van der Waals surface area contributed by atoms with Crippen LogP contribution in [0.4, 0.5) is 5.69 Å². The van der Waals surface area contributed by atoms with Gasteiger partial charge < -0.3 is 5.32 Å². The quantitative estimate of drug-likeness (QED) is 0.696. The monoisotopic (exact) mass is 373 g/mol. The third kappa shape index (κ3) is 3.57. The highest BCUT2D eigenvalue weighted by molar-refractivity contribution is 6.36. The Morgan fingerprint density at radius 3 is 2.48 bits per heavy atom. The third-order valence-corrected chi connectivity index (χ3v) is 4.21. The number of hydrogen-bond acceptors (Lipinski definition) is 3. The molecule has 0 saturated carbocycles. The lowest BCUT2D eigenvalue weighted by Gasteiger charge is -2.12. The zero-order valence-corrected chi connectivity index (χ0v) is 14.7. The Morgan fingerprint density at radius 1 is 1.04 bits per heavy atom. The number of hydrogen-bond donors (Lipinski definition) is 1. The summed E-state index contributed by atoms with van der Waals surface area (Å²) in [6.45, 7) is 0. The topological polar surface area (TPSA) is 64.0 Å². The van der Waals surface area contributed by atoms with E-state index in [4.69, 9.17) is 23.2 Å². The molecule has 126 valence electrons. The van der Waals surface area contributed by atoms with Gasteiger partial charge in [-0.05, 0) is 36.4 Å². The average molecular weight is 374 g/mol. The molecule has 0 unspecified atom stereocenters. The fourth-order valence-electron chi connectivity index (χ4n) is 2.39. The molecule has 3 rings (SSSR count). The third-order valence-electron chi connectivity index (χ3n) is 3.65. The van der Waals surface area contributed by atoms with Gasteiger partial charge in [0.05, 0.1) is 10.7 Å². The maximum atomic E-state index is 12.9. The van der Waals surface area contributed by atoms with Crippen molar-refractivity contribution in [2.75, 3.05) is 5.32 Å². The van der Waals surface area contributed by atoms with Crippen molar-refractivity contribution in [1.29, 1.82) is 0 Å². The molecule has 0 fully saturated rings. The number of carbonyl (C=O) groups excluding carboxylic acids is 2. The first-order valence-corrected chi connectivity index (χ1v) is 8.11. The van der Waals surface area contributed by atoms with E-state index in [1.54, 1.807) is 49.5 Å². The normalized spacial score (nSPS) is 10.5. The predicted molar refractivity (Wildman–Crippen MR) is 97.5 cm³/mol. The summed E-state index contributed by atoms with van der Waals surface area (Å²) < 4.78 is 1.45. The lowest BCUT2D eigenvalue weighted by atomic mass is 10.0. The molecule has 2 aromatic carbocycles. The van der Waals surface area contributed by atoms with Crippen LogP contribution >= 0.6 is 23.2 Å². The van der Waals surface area contributed by atoms with Gasteiger partial charge in [-0.2, -0.15) is 5.10 Å². The number of benzene rings is 2. The van der Waals surface area contributed by atoms with Crippen molar-refractivity contribution in [3.05, 3.63) is 81.6 Å². The number of ketones is 1. The average Bonchev–Trinajstić information content (AvgIpc) is 3.02. The molecule has 7 heteroatoms. The molecule has 1 aromatic heterocycles. The number of anilines is 1. The number of nitrogens with one attached hydrogen (secondary N) is 1. The molecule has 1 amide bonds. The minimum atomic E-state index is -0.379. The Morgan fingerprint density at radius 2 is 1.80 bits per heavy atom. The molecule has 3 aromatic rings. The number of rotatable bonds is 4. The number of nitrogens with zero attached hydrogens (tertiary/aromatic N) is 2. The summed E-state index contributed by atoms with van der Waals surface area (Å²) in [5, 5.41) is 7.40. The lowest BCUT2D eigenvalue weighted by Crippen LogP contribution is -2.18. The molecule has 0 aliphatic heterocycles. The molecular weight excluding hydrogens is 361 g/mol. The largest absolute Gasteiger partial charge is 0.320 e. The van der Waals surface area contributed by atoms with E-state index in [2.05, 4.69) is 10.4 Å². The van der Waals surface area contributed by atoms with Gasteiger partial charge in [-0.25, -0.2) is 0 Å². The molecule has 0 aliphatic rings. The van der Waals surface area contributed by atoms with E-state index in [1.165, 1.54) is 16.9 Å². The highest BCUT2D eigenvalue weighted by Crippen LogP contribution is 2.27. The van der Waals surface area contributed by atoms with Crippen molar-refractivity contribution in [2.24, 2.45) is 7.05 Å². The Labute approximate surface area is 154 Å². The standard InChI is InChI=1S/C18H13Cl2N3O2/c1-23-16(8-9-21-23)18(25)22-15-7-6-11(19)10-13(15)17(24)12-4-2-3-5-14(12)20/h2-10H,1H3,(H,22,25). The smallest absolute Gasteiger partial charge is 0.273 e. The zero-order valence-electron chi connectivity index (χ0n) is 13.2. The minimum absolute atomic E-state index is 0.260. The second-order valence-corrected chi connectivity index (χ2v) is 6.14. The van der Waals surface area contributed by atoms with Crippen LogP contribution in [-0.4, -0.2) is 21.5 Å². The van der Waals surface area contributed by atoms with Crippen LogP contribution in [0.3, 0.4) is 0 Å². The number of aromatic nitrogens is 2. The van der Waals surface area contributed by atoms with Crippen molar-refractivity contribution in [2.45, 2.75) is 0 Å². The second-order valence-electron chi connectivity index (χ2n) is 5.29. The summed E-state index contributed by atoms with van der Waals surface area (Å²) in [6, 6.07) is 13.0. The van der Waals surface area contributed by atoms with E-state index in [1.807, 2.05) is 0 Å². The Kier molecular flexibility index (Phi) is 4.88. The van der Waals surface area contributed by atoms with Crippen LogP contribution in [0.25, 0.3) is 0 Å². The van der Waals surface area contributed by atoms with E-state index in [0.29, 0.717) is 27.0 Å². The number of halogens is 2. The zero-order chi connectivity index (χ0) is 18.0. The SMILES string of the molecule is Cn1nccc1C(=O)Nc1ccc(Cl)cc1C(=O)c1ccccc1Cl. The van der Waals surface area contributed by atoms with E-state index in [9.17, 15) is 9.59 Å². The van der Waals surface area contributed by atoms with Crippen LogP contribution in [0.1, 0.15) is 26.4 Å². The first-order chi connectivity index (χ1) is 12.0. The van der Waals surface area contributed by atoms with Crippen molar-refractivity contribution < 1.29 is 9.59 Å². The first-order valence-electron chi connectivity index (χ1n) is 7.35.